The molecule has 6 nitrogen and oxygen atoms in total. The highest BCUT2D eigenvalue weighted by Gasteiger charge is 2.31. The van der Waals surface area contributed by atoms with Crippen molar-refractivity contribution in [2.75, 3.05) is 13.1 Å². The molecular formula is C16H25N3O3. The van der Waals surface area contributed by atoms with Gasteiger partial charge in [0, 0.05) is 13.1 Å². The smallest absolute Gasteiger partial charge is 0.308 e. The van der Waals surface area contributed by atoms with Crippen LogP contribution in [-0.4, -0.2) is 44.8 Å². The van der Waals surface area contributed by atoms with Crippen molar-refractivity contribution in [3.05, 3.63) is 17.5 Å². The molecule has 2 heterocycles. The van der Waals surface area contributed by atoms with Gasteiger partial charge >= 0.3 is 5.97 Å². The summed E-state index contributed by atoms with van der Waals surface area (Å²) in [6.45, 7) is 9.06. The predicted octanol–water partition coefficient (Wildman–Crippen LogP) is 2.14. The second-order valence-corrected chi connectivity index (χ2v) is 6.87. The third kappa shape index (κ3) is 3.15. The van der Waals surface area contributed by atoms with Crippen molar-refractivity contribution in [3.63, 3.8) is 0 Å². The van der Waals surface area contributed by atoms with Crippen molar-refractivity contribution >= 4 is 11.9 Å². The zero-order valence-electron chi connectivity index (χ0n) is 13.8. The summed E-state index contributed by atoms with van der Waals surface area (Å²) in [6.07, 6.45) is 3.71. The molecule has 1 amide bonds. The molecule has 0 aromatic carbocycles. The number of carbonyl (C=O) groups excluding carboxylic acids is 1. The number of nitrogens with zero attached hydrogens (tertiary/aromatic N) is 3. The number of piperidine rings is 1. The minimum Gasteiger partial charge on any atom is -0.481 e. The molecule has 2 rings (SSSR count). The van der Waals surface area contributed by atoms with Crippen LogP contribution >= 0.6 is 0 Å². The maximum absolute atomic E-state index is 12.8. The lowest BCUT2D eigenvalue weighted by Crippen LogP contribution is -2.42. The number of rotatable bonds is 3. The first-order valence-corrected chi connectivity index (χ1v) is 7.85. The summed E-state index contributed by atoms with van der Waals surface area (Å²) >= 11 is 0. The van der Waals surface area contributed by atoms with Gasteiger partial charge in [-0.05, 0) is 40.0 Å². The van der Waals surface area contributed by atoms with Crippen LogP contribution in [0.4, 0.5) is 0 Å². The Morgan fingerprint density at radius 1 is 1.41 bits per heavy atom. The maximum atomic E-state index is 12.8. The van der Waals surface area contributed by atoms with E-state index in [-0.39, 0.29) is 18.0 Å². The number of amides is 1. The molecule has 1 aliphatic heterocycles. The standard InChI is InChI=1S/C16H25N3O3/c1-5-13-12(9-17-19(13)16(2,3)4)14(20)18-8-6-7-11(10-18)15(21)22/h9,11H,5-8,10H2,1-4H3,(H,21,22). The van der Waals surface area contributed by atoms with Crippen LogP contribution in [0, 0.1) is 5.92 Å². The molecule has 1 fully saturated rings. The van der Waals surface area contributed by atoms with Crippen molar-refractivity contribution in [2.45, 2.75) is 52.5 Å². The lowest BCUT2D eigenvalue weighted by molar-refractivity contribution is -0.143. The number of hydrogen-bond acceptors (Lipinski definition) is 3. The van der Waals surface area contributed by atoms with E-state index in [0.717, 1.165) is 12.1 Å². The van der Waals surface area contributed by atoms with Gasteiger partial charge < -0.3 is 10.0 Å². The topological polar surface area (TPSA) is 75.4 Å². The van der Waals surface area contributed by atoms with Crippen LogP contribution < -0.4 is 0 Å². The minimum atomic E-state index is -0.821. The van der Waals surface area contributed by atoms with E-state index in [4.69, 9.17) is 5.11 Å². The molecule has 0 bridgehead atoms. The molecule has 6 heteroatoms. The lowest BCUT2D eigenvalue weighted by Gasteiger charge is -2.31. The summed E-state index contributed by atoms with van der Waals surface area (Å²) in [5.41, 5.74) is 1.33. The fourth-order valence-corrected chi connectivity index (χ4v) is 3.00. The fourth-order valence-electron chi connectivity index (χ4n) is 3.00. The number of carboxylic acids is 1. The van der Waals surface area contributed by atoms with E-state index in [1.54, 1.807) is 11.1 Å². The maximum Gasteiger partial charge on any atom is 0.308 e. The first-order valence-electron chi connectivity index (χ1n) is 7.85. The Bertz CT molecular complexity index is 572. The number of aliphatic carboxylic acids is 1. The van der Waals surface area contributed by atoms with Crippen molar-refractivity contribution in [2.24, 2.45) is 5.92 Å². The molecule has 0 saturated carbocycles. The quantitative estimate of drug-likeness (QED) is 0.928. The van der Waals surface area contributed by atoms with Crippen LogP contribution in [0.3, 0.4) is 0 Å². The van der Waals surface area contributed by atoms with Gasteiger partial charge in [-0.25, -0.2) is 0 Å². The summed E-state index contributed by atoms with van der Waals surface area (Å²) < 4.78 is 1.89. The predicted molar refractivity (Wildman–Crippen MR) is 82.9 cm³/mol. The summed E-state index contributed by atoms with van der Waals surface area (Å²) in [5.74, 6) is -1.38. The normalized spacial score (nSPS) is 19.3. The van der Waals surface area contributed by atoms with Crippen LogP contribution in [0.1, 0.15) is 56.6 Å². The van der Waals surface area contributed by atoms with Gasteiger partial charge in [0.05, 0.1) is 28.9 Å². The highest BCUT2D eigenvalue weighted by molar-refractivity contribution is 5.95. The van der Waals surface area contributed by atoms with Gasteiger partial charge in [0.25, 0.3) is 5.91 Å². The molecule has 0 aliphatic carbocycles. The van der Waals surface area contributed by atoms with Crippen LogP contribution in [0.25, 0.3) is 0 Å². The zero-order chi connectivity index (χ0) is 16.5. The molecular weight excluding hydrogens is 282 g/mol. The second kappa shape index (κ2) is 6.10. The molecule has 0 radical (unpaired) electrons. The van der Waals surface area contributed by atoms with Gasteiger partial charge in [-0.2, -0.15) is 5.10 Å². The van der Waals surface area contributed by atoms with Crippen LogP contribution in [0.15, 0.2) is 6.20 Å². The highest BCUT2D eigenvalue weighted by atomic mass is 16.4. The molecule has 1 unspecified atom stereocenters. The Balaban J connectivity index is 2.26. The van der Waals surface area contributed by atoms with Gasteiger partial charge in [-0.15, -0.1) is 0 Å². The van der Waals surface area contributed by atoms with Gasteiger partial charge in [0.1, 0.15) is 0 Å². The average Bonchev–Trinajstić information content (AvgIpc) is 2.90. The summed E-state index contributed by atoms with van der Waals surface area (Å²) in [5, 5.41) is 13.5. The third-order valence-electron chi connectivity index (χ3n) is 4.13. The van der Waals surface area contributed by atoms with E-state index in [9.17, 15) is 9.59 Å². The van der Waals surface area contributed by atoms with E-state index in [1.165, 1.54) is 0 Å². The van der Waals surface area contributed by atoms with Crippen molar-refractivity contribution in [1.82, 2.24) is 14.7 Å². The molecule has 1 aromatic heterocycles. The van der Waals surface area contributed by atoms with E-state index in [1.807, 2.05) is 11.6 Å². The van der Waals surface area contributed by atoms with E-state index < -0.39 is 11.9 Å². The molecule has 122 valence electrons. The molecule has 22 heavy (non-hydrogen) atoms. The minimum absolute atomic E-state index is 0.0988. The Kier molecular flexibility index (Phi) is 4.58. The van der Waals surface area contributed by atoms with E-state index >= 15 is 0 Å². The SMILES string of the molecule is CCc1c(C(=O)N2CCCC(C(=O)O)C2)cnn1C(C)(C)C. The van der Waals surface area contributed by atoms with Gasteiger partial charge in [-0.3, -0.25) is 14.3 Å². The Hall–Kier alpha value is -1.85. The molecule has 0 spiro atoms. The van der Waals surface area contributed by atoms with Crippen LogP contribution in [0.2, 0.25) is 0 Å². The van der Waals surface area contributed by atoms with E-state index in [2.05, 4.69) is 25.9 Å². The summed E-state index contributed by atoms with van der Waals surface area (Å²) in [4.78, 5) is 25.6. The van der Waals surface area contributed by atoms with Crippen molar-refractivity contribution < 1.29 is 14.7 Å². The van der Waals surface area contributed by atoms with Crippen LogP contribution in [-0.2, 0) is 16.8 Å². The largest absolute Gasteiger partial charge is 0.481 e. The van der Waals surface area contributed by atoms with Gasteiger partial charge in [-0.1, -0.05) is 6.92 Å². The third-order valence-corrected chi connectivity index (χ3v) is 4.13. The van der Waals surface area contributed by atoms with Crippen LogP contribution in [0.5, 0.6) is 0 Å². The number of hydrogen-bond donors (Lipinski definition) is 1. The number of aromatic nitrogens is 2. The molecule has 1 aliphatic rings. The average molecular weight is 307 g/mol. The molecule has 1 aromatic rings. The van der Waals surface area contributed by atoms with E-state index in [0.29, 0.717) is 24.9 Å². The number of carbonyl (C=O) groups is 2. The molecule has 1 saturated heterocycles. The first kappa shape index (κ1) is 16.5. The Morgan fingerprint density at radius 3 is 2.64 bits per heavy atom. The monoisotopic (exact) mass is 307 g/mol. The Morgan fingerprint density at radius 2 is 2.09 bits per heavy atom. The van der Waals surface area contributed by atoms with Gasteiger partial charge in [0.2, 0.25) is 0 Å². The summed E-state index contributed by atoms with van der Waals surface area (Å²) in [7, 11) is 0. The van der Waals surface area contributed by atoms with Crippen molar-refractivity contribution in [1.29, 1.82) is 0 Å². The fraction of sp³-hybridized carbons (Fsp3) is 0.688. The molecule has 1 atom stereocenters. The zero-order valence-corrected chi connectivity index (χ0v) is 13.8. The Labute approximate surface area is 131 Å². The van der Waals surface area contributed by atoms with Crippen molar-refractivity contribution in [3.8, 4) is 0 Å². The number of likely N-dealkylation sites (tertiary alicyclic amines) is 1. The number of carboxylic acid groups (broad SMARTS) is 1. The van der Waals surface area contributed by atoms with Gasteiger partial charge in [0.15, 0.2) is 0 Å². The first-order chi connectivity index (χ1) is 10.3. The highest BCUT2D eigenvalue weighted by Crippen LogP contribution is 2.23. The summed E-state index contributed by atoms with van der Waals surface area (Å²) in [6, 6.07) is 0. The lowest BCUT2D eigenvalue weighted by atomic mass is 9.97. The second-order valence-electron chi connectivity index (χ2n) is 6.87. The molecule has 1 N–H and O–H groups in total.